The fourth-order valence-corrected chi connectivity index (χ4v) is 3.08. The Morgan fingerprint density at radius 1 is 1.33 bits per heavy atom. The van der Waals surface area contributed by atoms with E-state index in [2.05, 4.69) is 15.5 Å². The van der Waals surface area contributed by atoms with E-state index >= 15 is 0 Å². The maximum absolute atomic E-state index is 12.3. The minimum Gasteiger partial charge on any atom is -0.296 e. The molecule has 1 aromatic heterocycles. The van der Waals surface area contributed by atoms with Crippen molar-refractivity contribution in [2.45, 2.75) is 46.0 Å². The van der Waals surface area contributed by atoms with Crippen molar-refractivity contribution in [1.29, 1.82) is 0 Å². The topological polar surface area (TPSA) is 98.0 Å². The van der Waals surface area contributed by atoms with Gasteiger partial charge in [0.15, 0.2) is 0 Å². The number of carbonyl (C=O) groups excluding carboxylic acids is 1. The van der Waals surface area contributed by atoms with E-state index in [0.717, 1.165) is 17.8 Å². The van der Waals surface area contributed by atoms with Crippen LogP contribution in [0.3, 0.4) is 0 Å². The van der Waals surface area contributed by atoms with E-state index < -0.39 is 10.8 Å². The predicted molar refractivity (Wildman–Crippen MR) is 93.7 cm³/mol. The number of carbonyl (C=O) groups is 1. The van der Waals surface area contributed by atoms with Gasteiger partial charge in [0, 0.05) is 23.6 Å². The lowest BCUT2D eigenvalue weighted by Crippen LogP contribution is -2.16. The minimum atomic E-state index is -0.457. The zero-order valence-electron chi connectivity index (χ0n) is 14.1. The number of hydrogen-bond acceptors (Lipinski definition) is 6. The zero-order valence-corrected chi connectivity index (χ0v) is 14.9. The summed E-state index contributed by atoms with van der Waals surface area (Å²) in [6, 6.07) is 4.54. The van der Waals surface area contributed by atoms with Crippen molar-refractivity contribution < 1.29 is 9.72 Å². The van der Waals surface area contributed by atoms with Gasteiger partial charge in [-0.15, -0.1) is 10.2 Å². The fourth-order valence-electron chi connectivity index (χ4n) is 2.25. The molecule has 0 fully saturated rings. The van der Waals surface area contributed by atoms with Crippen LogP contribution in [0.4, 0.5) is 10.8 Å². The number of nitrogens with one attached hydrogen (secondary N) is 1. The Balaban J connectivity index is 2.26. The lowest BCUT2D eigenvalue weighted by atomic mass is 9.85. The monoisotopic (exact) mass is 348 g/mol. The molecule has 1 heterocycles. The summed E-state index contributed by atoms with van der Waals surface area (Å²) in [6.07, 6.45) is 1.75. The van der Waals surface area contributed by atoms with Gasteiger partial charge < -0.3 is 0 Å². The molecule has 7 nitrogen and oxygen atoms in total. The summed E-state index contributed by atoms with van der Waals surface area (Å²) in [5, 5.41) is 23.1. The summed E-state index contributed by atoms with van der Waals surface area (Å²) in [5.41, 5.74) is 0.373. The maximum Gasteiger partial charge on any atom is 0.273 e. The number of hydrogen-bond donors (Lipinski definition) is 1. The van der Waals surface area contributed by atoms with E-state index in [9.17, 15) is 14.9 Å². The van der Waals surface area contributed by atoms with Crippen molar-refractivity contribution >= 4 is 28.1 Å². The third-order valence-corrected chi connectivity index (χ3v) is 4.31. The second kappa shape index (κ2) is 7.04. The highest BCUT2D eigenvalue weighted by atomic mass is 32.1. The van der Waals surface area contributed by atoms with Crippen molar-refractivity contribution in [3.8, 4) is 0 Å². The molecular formula is C16H20N4O3S. The van der Waals surface area contributed by atoms with E-state index in [1.54, 1.807) is 12.1 Å². The normalized spacial score (nSPS) is 11.3. The molecule has 0 aliphatic rings. The van der Waals surface area contributed by atoms with Gasteiger partial charge >= 0.3 is 0 Å². The van der Waals surface area contributed by atoms with Crippen molar-refractivity contribution in [3.63, 3.8) is 0 Å². The summed E-state index contributed by atoms with van der Waals surface area (Å²) >= 11 is 1.31. The first-order chi connectivity index (χ1) is 11.2. The number of anilines is 1. The molecule has 2 aromatic rings. The lowest BCUT2D eigenvalue weighted by molar-refractivity contribution is -0.386. The molecule has 0 saturated carbocycles. The van der Waals surface area contributed by atoms with Crippen LogP contribution in [0.25, 0.3) is 0 Å². The number of amides is 1. The summed E-state index contributed by atoms with van der Waals surface area (Å²) in [4.78, 5) is 23.2. The summed E-state index contributed by atoms with van der Waals surface area (Å²) < 4.78 is 0. The van der Waals surface area contributed by atoms with Gasteiger partial charge in [-0.25, -0.2) is 0 Å². The second-order valence-corrected chi connectivity index (χ2v) is 7.51. The Kier molecular flexibility index (Phi) is 5.28. The van der Waals surface area contributed by atoms with Gasteiger partial charge in [0.1, 0.15) is 5.01 Å². The highest BCUT2D eigenvalue weighted by molar-refractivity contribution is 7.15. The van der Waals surface area contributed by atoms with Gasteiger partial charge in [-0.2, -0.15) is 0 Å². The molecule has 2 rings (SSSR count). The fraction of sp³-hybridized carbons (Fsp3) is 0.438. The lowest BCUT2D eigenvalue weighted by Gasteiger charge is -2.19. The van der Waals surface area contributed by atoms with Crippen molar-refractivity contribution in [2.24, 2.45) is 0 Å². The first kappa shape index (κ1) is 18.0. The average Bonchev–Trinajstić information content (AvgIpc) is 2.93. The second-order valence-electron chi connectivity index (χ2n) is 6.44. The van der Waals surface area contributed by atoms with E-state index in [1.807, 2.05) is 27.7 Å². The first-order valence-corrected chi connectivity index (χ1v) is 8.46. The first-order valence-electron chi connectivity index (χ1n) is 7.65. The van der Waals surface area contributed by atoms with Crippen molar-refractivity contribution in [1.82, 2.24) is 10.2 Å². The zero-order chi connectivity index (χ0) is 17.9. The number of nitro groups is 1. The largest absolute Gasteiger partial charge is 0.296 e. The van der Waals surface area contributed by atoms with Crippen LogP contribution in [-0.4, -0.2) is 21.0 Å². The third kappa shape index (κ3) is 4.14. The number of nitrogens with zero attached hydrogens (tertiary/aromatic N) is 3. The molecule has 128 valence electrons. The van der Waals surface area contributed by atoms with E-state index in [4.69, 9.17) is 0 Å². The van der Waals surface area contributed by atoms with Gasteiger partial charge in [0.25, 0.3) is 11.6 Å². The molecule has 0 spiro atoms. The third-order valence-electron chi connectivity index (χ3n) is 3.42. The number of rotatable bonds is 5. The summed E-state index contributed by atoms with van der Waals surface area (Å²) in [7, 11) is 0. The van der Waals surface area contributed by atoms with Gasteiger partial charge in [0.2, 0.25) is 5.13 Å². The van der Waals surface area contributed by atoms with Crippen LogP contribution in [-0.2, 0) is 11.8 Å². The SMILES string of the molecule is CCCc1nnc(NC(=O)c2ccc(C(C)(C)C)c([N+](=O)[O-])c2)s1. The molecule has 0 radical (unpaired) electrons. The van der Waals surface area contributed by atoms with Gasteiger partial charge in [0.05, 0.1) is 4.92 Å². The standard InChI is InChI=1S/C16H20N4O3S/c1-5-6-13-18-19-15(24-13)17-14(21)10-7-8-11(16(2,3)4)12(9-10)20(22)23/h7-9H,5-6H2,1-4H3,(H,17,19,21). The molecule has 24 heavy (non-hydrogen) atoms. The van der Waals surface area contributed by atoms with E-state index in [1.165, 1.54) is 17.4 Å². The Hall–Kier alpha value is -2.35. The average molecular weight is 348 g/mol. The quantitative estimate of drug-likeness (QED) is 0.651. The molecule has 1 N–H and O–H groups in total. The van der Waals surface area contributed by atoms with Gasteiger partial charge in [-0.05, 0) is 17.9 Å². The number of aryl methyl sites for hydroxylation is 1. The molecule has 0 unspecified atom stereocenters. The van der Waals surface area contributed by atoms with Crippen LogP contribution >= 0.6 is 11.3 Å². The van der Waals surface area contributed by atoms with E-state index in [0.29, 0.717) is 10.7 Å². The van der Waals surface area contributed by atoms with Crippen molar-refractivity contribution in [2.75, 3.05) is 5.32 Å². The molecule has 1 aromatic carbocycles. The van der Waals surface area contributed by atoms with E-state index in [-0.39, 0.29) is 16.7 Å². The van der Waals surface area contributed by atoms with Gasteiger partial charge in [-0.1, -0.05) is 45.1 Å². The molecule has 0 aliphatic heterocycles. The van der Waals surface area contributed by atoms with Crippen LogP contribution in [0.2, 0.25) is 0 Å². The number of aromatic nitrogens is 2. The molecule has 0 aliphatic carbocycles. The molecule has 1 amide bonds. The van der Waals surface area contributed by atoms with Gasteiger partial charge in [-0.3, -0.25) is 20.2 Å². The maximum atomic E-state index is 12.3. The Morgan fingerprint density at radius 2 is 2.04 bits per heavy atom. The highest BCUT2D eigenvalue weighted by Gasteiger charge is 2.26. The molecular weight excluding hydrogens is 328 g/mol. The molecule has 0 bridgehead atoms. The van der Waals surface area contributed by atoms with Crippen LogP contribution in [0.1, 0.15) is 55.0 Å². The Morgan fingerprint density at radius 3 is 2.62 bits per heavy atom. The minimum absolute atomic E-state index is 0.0564. The highest BCUT2D eigenvalue weighted by Crippen LogP contribution is 2.32. The number of benzene rings is 1. The van der Waals surface area contributed by atoms with Crippen LogP contribution < -0.4 is 5.32 Å². The van der Waals surface area contributed by atoms with Crippen LogP contribution in [0, 0.1) is 10.1 Å². The Labute approximate surface area is 144 Å². The predicted octanol–water partition coefficient (Wildman–Crippen LogP) is 3.95. The molecule has 8 heteroatoms. The smallest absolute Gasteiger partial charge is 0.273 e. The number of nitro benzene ring substituents is 1. The van der Waals surface area contributed by atoms with Crippen LogP contribution in [0.15, 0.2) is 18.2 Å². The molecule has 0 atom stereocenters. The summed E-state index contributed by atoms with van der Waals surface area (Å²) in [5.74, 6) is -0.433. The Bertz CT molecular complexity index is 765. The molecule has 0 saturated heterocycles. The van der Waals surface area contributed by atoms with Crippen LogP contribution in [0.5, 0.6) is 0 Å². The summed E-state index contributed by atoms with van der Waals surface area (Å²) in [6.45, 7) is 7.72. The van der Waals surface area contributed by atoms with Crippen molar-refractivity contribution in [3.05, 3.63) is 44.4 Å².